The van der Waals surface area contributed by atoms with Crippen molar-refractivity contribution >= 4 is 20.3 Å². The van der Waals surface area contributed by atoms with Crippen LogP contribution in [0.3, 0.4) is 0 Å². The van der Waals surface area contributed by atoms with E-state index in [2.05, 4.69) is 41.4 Å². The van der Waals surface area contributed by atoms with Crippen LogP contribution in [0.25, 0.3) is 0 Å². The maximum atomic E-state index is 12.9. The zero-order valence-electron chi connectivity index (χ0n) is 21.4. The summed E-state index contributed by atoms with van der Waals surface area (Å²) >= 11 is 0. The summed E-state index contributed by atoms with van der Waals surface area (Å²) in [5.74, 6) is 1.21. The number of carbonyl (C=O) groups excluding carboxylic acids is 2. The molecule has 3 N–H and O–H groups in total. The van der Waals surface area contributed by atoms with Crippen LogP contribution < -0.4 is 20.3 Å². The number of carbonyl (C=O) groups is 2. The number of hydroxylamine groups is 1. The fraction of sp³-hybridized carbons (Fsp3) is 0.600. The molecule has 36 heavy (non-hydrogen) atoms. The highest BCUT2D eigenvalue weighted by atomic mass is 31.1. The number of nitrogens with zero attached hydrogens (tertiary/aromatic N) is 1. The van der Waals surface area contributed by atoms with E-state index < -0.39 is 14.3 Å². The molecule has 1 heterocycles. The lowest BCUT2D eigenvalue weighted by atomic mass is 10.0. The van der Waals surface area contributed by atoms with Crippen LogP contribution in [0.4, 0.5) is 4.79 Å². The minimum Gasteiger partial charge on any atom is -0.493 e. The Morgan fingerprint density at radius 3 is 2.78 bits per heavy atom. The number of ether oxygens (including phenoxy) is 2. The predicted octanol–water partition coefficient (Wildman–Crippen LogP) is 4.61. The van der Waals surface area contributed by atoms with Crippen LogP contribution in [-0.4, -0.2) is 48.0 Å². The average Bonchev–Trinajstić information content (AvgIpc) is 2.85. The second-order valence-corrected chi connectivity index (χ2v) is 9.73. The molecule has 2 rings (SSSR count). The summed E-state index contributed by atoms with van der Waals surface area (Å²) in [5, 5.41) is 2.92. The van der Waals surface area contributed by atoms with E-state index in [0.29, 0.717) is 31.2 Å². The maximum Gasteiger partial charge on any atom is 0.713 e. The summed E-state index contributed by atoms with van der Waals surface area (Å²) in [5.41, 5.74) is 3.27. The summed E-state index contributed by atoms with van der Waals surface area (Å²) in [6.45, 7) is 5.35. The van der Waals surface area contributed by atoms with Crippen molar-refractivity contribution in [1.82, 2.24) is 15.7 Å². The molecule has 1 fully saturated rings. The molecular weight excluding hydrogens is 485 g/mol. The van der Waals surface area contributed by atoms with Crippen LogP contribution in [0, 0.1) is 5.92 Å². The number of hydrogen-bond donors (Lipinski definition) is 3. The van der Waals surface area contributed by atoms with Gasteiger partial charge < -0.3 is 19.7 Å². The Morgan fingerprint density at radius 2 is 2.06 bits per heavy atom. The van der Waals surface area contributed by atoms with Gasteiger partial charge in [0.1, 0.15) is 0 Å². The van der Waals surface area contributed by atoms with E-state index in [1.54, 1.807) is 23.1 Å². The normalized spacial score (nSPS) is 16.3. The Hall–Kier alpha value is -2.52. The number of rotatable bonds is 14. The first-order valence-corrected chi connectivity index (χ1v) is 13.6. The Labute approximate surface area is 214 Å². The third-order valence-electron chi connectivity index (χ3n) is 5.78. The number of amides is 2. The van der Waals surface area contributed by atoms with Crippen molar-refractivity contribution < 1.29 is 33.1 Å². The number of unbranched alkanes of at least 4 members (excludes halogenated alkanes) is 2. The topological polar surface area (TPSA) is 126 Å². The van der Waals surface area contributed by atoms with E-state index in [4.69, 9.17) is 14.4 Å². The van der Waals surface area contributed by atoms with Crippen LogP contribution in [0.1, 0.15) is 64.4 Å². The average molecular weight is 525 g/mol. The number of benzene rings is 1. The van der Waals surface area contributed by atoms with E-state index in [-0.39, 0.29) is 24.2 Å². The van der Waals surface area contributed by atoms with Crippen molar-refractivity contribution in [2.75, 3.05) is 20.2 Å². The third kappa shape index (κ3) is 11.0. The summed E-state index contributed by atoms with van der Waals surface area (Å²) in [4.78, 5) is 35.4. The van der Waals surface area contributed by atoms with Crippen molar-refractivity contribution in [1.29, 1.82) is 0 Å². The lowest BCUT2D eigenvalue weighted by Gasteiger charge is -2.34. The molecule has 0 aromatic heterocycles. The molecule has 1 aliphatic heterocycles. The Morgan fingerprint density at radius 1 is 1.25 bits per heavy atom. The molecule has 0 aliphatic carbocycles. The SMILES string of the molecule is COc1cc(CNC(=O)CCCC/C=C/C(C)C)ccc1OC(=O)N1CCCCC1CNO[P+](=O)O. The molecule has 0 spiro atoms. The Bertz CT molecular complexity index is 894. The minimum absolute atomic E-state index is 0.00298. The van der Waals surface area contributed by atoms with Gasteiger partial charge >= 0.3 is 14.3 Å². The molecule has 0 saturated carbocycles. The highest BCUT2D eigenvalue weighted by molar-refractivity contribution is 7.32. The van der Waals surface area contributed by atoms with E-state index in [9.17, 15) is 14.2 Å². The largest absolute Gasteiger partial charge is 0.713 e. The standard InChI is InChI=1S/C25H38N3O7P/c1-19(2)10-6-4-5-7-12-24(29)26-17-20-13-14-22(23(16-20)33-3)34-25(30)28-15-9-8-11-21(28)18-27-35-36(31)32/h6,10,13-14,16,19,21,27H,4-5,7-9,11-12,15,17-18H2,1-3H3,(H-,26,29,31,32)/p+1/b10-6+. The molecule has 11 heteroatoms. The van der Waals surface area contributed by atoms with Crippen molar-refractivity contribution in [3.8, 4) is 11.5 Å². The minimum atomic E-state index is -2.76. The van der Waals surface area contributed by atoms with Gasteiger partial charge in [0.15, 0.2) is 11.5 Å². The van der Waals surface area contributed by atoms with E-state index in [0.717, 1.165) is 44.1 Å². The molecular formula is C25H39N3O7P+. The highest BCUT2D eigenvalue weighted by Gasteiger charge is 2.29. The number of methoxy groups -OCH3 is 1. The second kappa shape index (κ2) is 16.3. The van der Waals surface area contributed by atoms with Gasteiger partial charge in [-0.2, -0.15) is 0 Å². The molecule has 2 amide bonds. The smallest absolute Gasteiger partial charge is 0.493 e. The monoisotopic (exact) mass is 524 g/mol. The van der Waals surface area contributed by atoms with Crippen molar-refractivity contribution in [3.63, 3.8) is 0 Å². The van der Waals surface area contributed by atoms with Gasteiger partial charge in [0.05, 0.1) is 7.11 Å². The zero-order valence-corrected chi connectivity index (χ0v) is 22.3. The first-order chi connectivity index (χ1) is 17.3. The van der Waals surface area contributed by atoms with Crippen LogP contribution >= 0.6 is 8.25 Å². The summed E-state index contributed by atoms with van der Waals surface area (Å²) in [7, 11) is -1.27. The number of allylic oxidation sites excluding steroid dienone is 2. The number of hydrogen-bond acceptors (Lipinski definition) is 7. The van der Waals surface area contributed by atoms with Crippen LogP contribution in [0.2, 0.25) is 0 Å². The van der Waals surface area contributed by atoms with Gasteiger partial charge in [-0.05, 0) is 66.8 Å². The molecule has 0 bridgehead atoms. The summed E-state index contributed by atoms with van der Waals surface area (Å²) in [6, 6.07) is 4.94. The molecule has 2 unspecified atom stereocenters. The first kappa shape index (κ1) is 29.7. The molecule has 10 nitrogen and oxygen atoms in total. The quantitative estimate of drug-likeness (QED) is 0.139. The van der Waals surface area contributed by atoms with E-state index >= 15 is 0 Å². The highest BCUT2D eigenvalue weighted by Crippen LogP contribution is 2.29. The number of likely N-dealkylation sites (tertiary alicyclic amines) is 1. The van der Waals surface area contributed by atoms with Gasteiger partial charge in [-0.15, -0.1) is 10.4 Å². The Kier molecular flexibility index (Phi) is 13.4. The second-order valence-electron chi connectivity index (χ2n) is 9.07. The van der Waals surface area contributed by atoms with Crippen LogP contribution in [0.15, 0.2) is 30.4 Å². The third-order valence-corrected chi connectivity index (χ3v) is 6.07. The van der Waals surface area contributed by atoms with Gasteiger partial charge in [0.25, 0.3) is 0 Å². The molecule has 2 atom stereocenters. The zero-order chi connectivity index (χ0) is 26.3. The molecule has 200 valence electrons. The van der Waals surface area contributed by atoms with Gasteiger partial charge in [0, 0.05) is 36.7 Å². The number of nitrogens with one attached hydrogen (secondary N) is 2. The van der Waals surface area contributed by atoms with Gasteiger partial charge in [-0.1, -0.05) is 32.1 Å². The number of piperidine rings is 1. The van der Waals surface area contributed by atoms with Gasteiger partial charge in [0.2, 0.25) is 5.91 Å². The molecule has 1 aliphatic rings. The fourth-order valence-corrected chi connectivity index (χ4v) is 4.09. The summed E-state index contributed by atoms with van der Waals surface area (Å²) < 4.78 is 26.2. The van der Waals surface area contributed by atoms with E-state index in [1.165, 1.54) is 7.11 Å². The Balaban J connectivity index is 1.85. The maximum absolute atomic E-state index is 12.9. The van der Waals surface area contributed by atoms with Crippen molar-refractivity contribution in [3.05, 3.63) is 35.9 Å². The van der Waals surface area contributed by atoms with E-state index in [1.807, 2.05) is 0 Å². The van der Waals surface area contributed by atoms with Crippen LogP contribution in [0.5, 0.6) is 11.5 Å². The lowest BCUT2D eigenvalue weighted by Crippen LogP contribution is -2.49. The predicted molar refractivity (Wildman–Crippen MR) is 137 cm³/mol. The first-order valence-electron chi connectivity index (χ1n) is 12.4. The van der Waals surface area contributed by atoms with Crippen LogP contribution in [-0.2, 0) is 20.5 Å². The van der Waals surface area contributed by atoms with Crippen molar-refractivity contribution in [2.45, 2.75) is 71.4 Å². The molecule has 1 aromatic carbocycles. The van der Waals surface area contributed by atoms with Gasteiger partial charge in [-0.3, -0.25) is 4.79 Å². The molecule has 0 radical (unpaired) electrons. The summed E-state index contributed by atoms with van der Waals surface area (Å²) in [6.07, 6.45) is 9.58. The lowest BCUT2D eigenvalue weighted by molar-refractivity contribution is -0.121. The molecule has 1 saturated heterocycles. The van der Waals surface area contributed by atoms with Crippen molar-refractivity contribution in [2.24, 2.45) is 5.92 Å². The molecule has 1 aromatic rings. The van der Waals surface area contributed by atoms with Gasteiger partial charge in [-0.25, -0.2) is 4.79 Å². The fourth-order valence-electron chi connectivity index (χ4n) is 3.91.